The molecule has 3 N–H and O–H groups in total. The lowest BCUT2D eigenvalue weighted by atomic mass is 10.1. The van der Waals surface area contributed by atoms with Crippen LogP contribution in [0.15, 0.2) is 18.2 Å². The Morgan fingerprint density at radius 2 is 2.21 bits per heavy atom. The highest BCUT2D eigenvalue weighted by Crippen LogP contribution is 2.16. The van der Waals surface area contributed by atoms with Gasteiger partial charge >= 0.3 is 0 Å². The molecule has 1 rings (SSSR count). The van der Waals surface area contributed by atoms with Gasteiger partial charge in [0.15, 0.2) is 0 Å². The van der Waals surface area contributed by atoms with Gasteiger partial charge in [-0.3, -0.25) is 0 Å². The van der Waals surface area contributed by atoms with Crippen LogP contribution in [-0.2, 0) is 6.61 Å². The molecule has 0 unspecified atom stereocenters. The molecule has 0 aliphatic heterocycles. The number of rotatable bonds is 2. The van der Waals surface area contributed by atoms with Gasteiger partial charge in [0.05, 0.1) is 6.61 Å². The zero-order valence-corrected chi connectivity index (χ0v) is 8.51. The Morgan fingerprint density at radius 1 is 1.43 bits per heavy atom. The van der Waals surface area contributed by atoms with Crippen LogP contribution in [0.3, 0.4) is 0 Å². The maximum absolute atomic E-state index is 8.96. The molecule has 0 radical (unpaired) electrons. The van der Waals surface area contributed by atoms with Gasteiger partial charge in [0.25, 0.3) is 0 Å². The van der Waals surface area contributed by atoms with E-state index in [0.29, 0.717) is 23.6 Å². The summed E-state index contributed by atoms with van der Waals surface area (Å²) in [6, 6.07) is 5.34. The Balaban J connectivity index is 2.86. The van der Waals surface area contributed by atoms with Crippen molar-refractivity contribution in [3.63, 3.8) is 0 Å². The molecular weight excluding hydrogens is 198 g/mol. The summed E-state index contributed by atoms with van der Waals surface area (Å²) in [5.41, 5.74) is 6.86. The van der Waals surface area contributed by atoms with Gasteiger partial charge in [0.2, 0.25) is 0 Å². The molecule has 0 saturated heterocycles. The van der Waals surface area contributed by atoms with Crippen molar-refractivity contribution in [3.05, 3.63) is 34.3 Å². The van der Waals surface area contributed by atoms with Crippen LogP contribution in [0.1, 0.15) is 17.5 Å². The van der Waals surface area contributed by atoms with E-state index in [-0.39, 0.29) is 6.61 Å². The molecule has 0 aromatic heterocycles. The molecule has 0 fully saturated rings. The minimum Gasteiger partial charge on any atom is -0.392 e. The van der Waals surface area contributed by atoms with Gasteiger partial charge in [-0.25, -0.2) is 0 Å². The Hall–Kier alpha value is -1.01. The SMILES string of the molecule is NCCC#Cc1ccc(Cl)c(CO)c1. The molecule has 2 nitrogen and oxygen atoms in total. The standard InChI is InChI=1S/C11H12ClNO/c12-11-5-4-9(3-1-2-6-13)7-10(11)8-14/h4-5,7,14H,2,6,8,13H2. The number of hydrogen-bond acceptors (Lipinski definition) is 2. The molecule has 0 aliphatic carbocycles. The summed E-state index contributed by atoms with van der Waals surface area (Å²) in [6.07, 6.45) is 0.678. The van der Waals surface area contributed by atoms with Crippen molar-refractivity contribution in [1.29, 1.82) is 0 Å². The van der Waals surface area contributed by atoms with Crippen molar-refractivity contribution in [1.82, 2.24) is 0 Å². The van der Waals surface area contributed by atoms with Crippen LogP contribution in [0.2, 0.25) is 5.02 Å². The Bertz CT molecular complexity index is 365. The molecule has 74 valence electrons. The van der Waals surface area contributed by atoms with Gasteiger partial charge < -0.3 is 10.8 Å². The fraction of sp³-hybridized carbons (Fsp3) is 0.273. The molecule has 0 atom stereocenters. The van der Waals surface area contributed by atoms with Gasteiger partial charge in [-0.1, -0.05) is 23.4 Å². The van der Waals surface area contributed by atoms with Crippen molar-refractivity contribution in [2.24, 2.45) is 5.73 Å². The summed E-state index contributed by atoms with van der Waals surface area (Å²) in [4.78, 5) is 0. The van der Waals surface area contributed by atoms with Gasteiger partial charge in [0.1, 0.15) is 0 Å². The summed E-state index contributed by atoms with van der Waals surface area (Å²) in [5.74, 6) is 5.87. The number of aliphatic hydroxyl groups is 1. The van der Waals surface area contributed by atoms with Crippen molar-refractivity contribution >= 4 is 11.6 Å². The first kappa shape index (κ1) is 11.1. The van der Waals surface area contributed by atoms with E-state index in [9.17, 15) is 0 Å². The lowest BCUT2D eigenvalue weighted by Gasteiger charge is -1.99. The maximum Gasteiger partial charge on any atom is 0.0696 e. The summed E-state index contributed by atoms with van der Waals surface area (Å²) >= 11 is 5.83. The van der Waals surface area contributed by atoms with E-state index in [1.54, 1.807) is 12.1 Å². The first-order valence-electron chi connectivity index (χ1n) is 4.36. The van der Waals surface area contributed by atoms with Gasteiger partial charge in [-0.15, -0.1) is 0 Å². The molecule has 0 amide bonds. The van der Waals surface area contributed by atoms with Crippen LogP contribution < -0.4 is 5.73 Å². The maximum atomic E-state index is 8.96. The zero-order chi connectivity index (χ0) is 10.4. The number of aliphatic hydroxyl groups excluding tert-OH is 1. The van der Waals surface area contributed by atoms with E-state index >= 15 is 0 Å². The average Bonchev–Trinajstić information content (AvgIpc) is 2.21. The summed E-state index contributed by atoms with van der Waals surface area (Å²) in [7, 11) is 0. The smallest absolute Gasteiger partial charge is 0.0696 e. The van der Waals surface area contributed by atoms with Crippen LogP contribution in [-0.4, -0.2) is 11.7 Å². The highest BCUT2D eigenvalue weighted by atomic mass is 35.5. The topological polar surface area (TPSA) is 46.2 Å². The lowest BCUT2D eigenvalue weighted by molar-refractivity contribution is 0.282. The van der Waals surface area contributed by atoms with Crippen LogP contribution in [0.25, 0.3) is 0 Å². The second-order valence-electron chi connectivity index (χ2n) is 2.80. The number of benzene rings is 1. The zero-order valence-electron chi connectivity index (χ0n) is 7.76. The molecule has 0 saturated carbocycles. The van der Waals surface area contributed by atoms with Crippen LogP contribution in [0.5, 0.6) is 0 Å². The van der Waals surface area contributed by atoms with Crippen molar-refractivity contribution in [3.8, 4) is 11.8 Å². The normalized spacial score (nSPS) is 9.36. The lowest BCUT2D eigenvalue weighted by Crippen LogP contribution is -1.95. The van der Waals surface area contributed by atoms with Gasteiger partial charge in [0, 0.05) is 23.6 Å². The average molecular weight is 210 g/mol. The fourth-order valence-corrected chi connectivity index (χ4v) is 1.19. The molecule has 0 bridgehead atoms. The summed E-state index contributed by atoms with van der Waals surface area (Å²) < 4.78 is 0. The Kier molecular flexibility index (Phi) is 4.48. The van der Waals surface area contributed by atoms with E-state index in [0.717, 1.165) is 5.56 Å². The van der Waals surface area contributed by atoms with E-state index in [4.69, 9.17) is 22.4 Å². The molecule has 1 aromatic rings. The van der Waals surface area contributed by atoms with E-state index in [1.165, 1.54) is 0 Å². The second kappa shape index (κ2) is 5.66. The largest absolute Gasteiger partial charge is 0.392 e. The number of hydrogen-bond donors (Lipinski definition) is 2. The minimum atomic E-state index is -0.0642. The molecule has 14 heavy (non-hydrogen) atoms. The van der Waals surface area contributed by atoms with Crippen LogP contribution in [0.4, 0.5) is 0 Å². The predicted molar refractivity (Wildman–Crippen MR) is 57.9 cm³/mol. The highest BCUT2D eigenvalue weighted by Gasteiger charge is 1.98. The van der Waals surface area contributed by atoms with Gasteiger partial charge in [-0.2, -0.15) is 0 Å². The summed E-state index contributed by atoms with van der Waals surface area (Å²) in [5, 5.41) is 9.53. The number of nitrogens with two attached hydrogens (primary N) is 1. The molecule has 3 heteroatoms. The van der Waals surface area contributed by atoms with E-state index < -0.39 is 0 Å². The van der Waals surface area contributed by atoms with Crippen LogP contribution >= 0.6 is 11.6 Å². The second-order valence-corrected chi connectivity index (χ2v) is 3.21. The monoisotopic (exact) mass is 209 g/mol. The highest BCUT2D eigenvalue weighted by molar-refractivity contribution is 6.31. The molecule has 0 heterocycles. The van der Waals surface area contributed by atoms with Gasteiger partial charge in [-0.05, 0) is 23.8 Å². The van der Waals surface area contributed by atoms with E-state index in [1.807, 2.05) is 6.07 Å². The quantitative estimate of drug-likeness (QED) is 0.726. The predicted octanol–water partition coefficient (Wildman–Crippen LogP) is 1.53. The third-order valence-electron chi connectivity index (χ3n) is 1.72. The Labute approximate surface area is 88.7 Å². The number of halogens is 1. The van der Waals surface area contributed by atoms with Crippen LogP contribution in [0, 0.1) is 11.8 Å². The molecule has 0 aliphatic rings. The van der Waals surface area contributed by atoms with Crippen molar-refractivity contribution in [2.75, 3.05) is 6.54 Å². The Morgan fingerprint density at radius 3 is 2.86 bits per heavy atom. The third-order valence-corrected chi connectivity index (χ3v) is 2.09. The third kappa shape index (κ3) is 3.04. The fourth-order valence-electron chi connectivity index (χ4n) is 1.01. The molecule has 0 spiro atoms. The first-order valence-corrected chi connectivity index (χ1v) is 4.74. The van der Waals surface area contributed by atoms with Crippen molar-refractivity contribution in [2.45, 2.75) is 13.0 Å². The first-order chi connectivity index (χ1) is 6.77. The summed E-state index contributed by atoms with van der Waals surface area (Å²) in [6.45, 7) is 0.499. The molecular formula is C11H12ClNO. The molecule has 1 aromatic carbocycles. The van der Waals surface area contributed by atoms with E-state index in [2.05, 4.69) is 11.8 Å². The van der Waals surface area contributed by atoms with Crippen molar-refractivity contribution < 1.29 is 5.11 Å². The minimum absolute atomic E-state index is 0.0642.